The van der Waals surface area contributed by atoms with Gasteiger partial charge in [0, 0.05) is 12.7 Å². The van der Waals surface area contributed by atoms with Crippen LogP contribution in [0.15, 0.2) is 18.3 Å². The van der Waals surface area contributed by atoms with Gasteiger partial charge in [-0.3, -0.25) is 0 Å². The number of aromatic nitrogens is 1. The number of hydrogen-bond donors (Lipinski definition) is 1. The number of piperidine rings is 1. The molecule has 6 heteroatoms. The smallest absolute Gasteiger partial charge is 0.410 e. The Labute approximate surface area is 125 Å². The van der Waals surface area contributed by atoms with Crippen molar-refractivity contribution in [2.45, 2.75) is 45.3 Å². The average molecular weight is 293 g/mol. The van der Waals surface area contributed by atoms with E-state index in [2.05, 4.69) is 4.98 Å². The lowest BCUT2D eigenvalue weighted by molar-refractivity contribution is 0.00733. The molecule has 1 atom stereocenters. The molecule has 2 rings (SSSR count). The van der Waals surface area contributed by atoms with E-state index in [0.29, 0.717) is 24.7 Å². The van der Waals surface area contributed by atoms with Crippen LogP contribution in [0.4, 0.5) is 10.5 Å². The van der Waals surface area contributed by atoms with Crippen molar-refractivity contribution in [3.63, 3.8) is 0 Å². The summed E-state index contributed by atoms with van der Waals surface area (Å²) in [4.78, 5) is 17.9. The third-order valence-electron chi connectivity index (χ3n) is 3.11. The standard InChI is InChI=1S/C15H23N3O3/c1-15(2,3)21-14(19)18-9-5-6-11(10-18)20-13-12(16)7-4-8-17-13/h4,7-8,11H,5-6,9-10,16H2,1-3H3/t11-/m1/s1. The van der Waals surface area contributed by atoms with Crippen LogP contribution in [-0.4, -0.2) is 40.8 Å². The van der Waals surface area contributed by atoms with E-state index in [1.807, 2.05) is 20.8 Å². The number of nitrogen functional groups attached to an aromatic ring is 1. The van der Waals surface area contributed by atoms with Crippen molar-refractivity contribution in [1.82, 2.24) is 9.88 Å². The molecule has 0 spiro atoms. The number of nitrogens with zero attached hydrogens (tertiary/aromatic N) is 2. The van der Waals surface area contributed by atoms with Gasteiger partial charge in [-0.25, -0.2) is 9.78 Å². The number of amides is 1. The largest absolute Gasteiger partial charge is 0.471 e. The predicted molar refractivity (Wildman–Crippen MR) is 80.1 cm³/mol. The lowest BCUT2D eigenvalue weighted by Gasteiger charge is -2.34. The Kier molecular flexibility index (Phi) is 4.55. The molecule has 2 heterocycles. The Morgan fingerprint density at radius 1 is 1.48 bits per heavy atom. The van der Waals surface area contributed by atoms with Crippen molar-refractivity contribution in [3.8, 4) is 5.88 Å². The van der Waals surface area contributed by atoms with E-state index in [9.17, 15) is 4.79 Å². The molecule has 6 nitrogen and oxygen atoms in total. The molecule has 0 saturated carbocycles. The molecule has 0 radical (unpaired) electrons. The quantitative estimate of drug-likeness (QED) is 0.906. The van der Waals surface area contributed by atoms with Gasteiger partial charge in [0.05, 0.1) is 12.2 Å². The summed E-state index contributed by atoms with van der Waals surface area (Å²) >= 11 is 0. The van der Waals surface area contributed by atoms with Crippen LogP contribution in [0.2, 0.25) is 0 Å². The predicted octanol–water partition coefficient (Wildman–Crippen LogP) is 2.44. The van der Waals surface area contributed by atoms with Gasteiger partial charge < -0.3 is 20.1 Å². The molecule has 1 aromatic rings. The minimum Gasteiger partial charge on any atom is -0.471 e. The van der Waals surface area contributed by atoms with Crippen LogP contribution in [-0.2, 0) is 4.74 Å². The van der Waals surface area contributed by atoms with Crippen molar-refractivity contribution in [2.75, 3.05) is 18.8 Å². The Bertz CT molecular complexity index is 499. The Hall–Kier alpha value is -1.98. The van der Waals surface area contributed by atoms with E-state index < -0.39 is 5.60 Å². The van der Waals surface area contributed by atoms with Crippen LogP contribution in [0.1, 0.15) is 33.6 Å². The van der Waals surface area contributed by atoms with Crippen molar-refractivity contribution < 1.29 is 14.3 Å². The number of carbonyl (C=O) groups is 1. The van der Waals surface area contributed by atoms with Crippen molar-refractivity contribution in [1.29, 1.82) is 0 Å². The first-order valence-electron chi connectivity index (χ1n) is 7.20. The van der Waals surface area contributed by atoms with E-state index in [0.717, 1.165) is 12.8 Å². The van der Waals surface area contributed by atoms with Gasteiger partial charge in [0.15, 0.2) is 0 Å². The molecule has 0 aliphatic carbocycles. The fourth-order valence-corrected chi connectivity index (χ4v) is 2.19. The highest BCUT2D eigenvalue weighted by Gasteiger charge is 2.28. The first-order valence-corrected chi connectivity index (χ1v) is 7.20. The summed E-state index contributed by atoms with van der Waals surface area (Å²) in [6.07, 6.45) is 2.97. The fourth-order valence-electron chi connectivity index (χ4n) is 2.19. The Morgan fingerprint density at radius 3 is 2.90 bits per heavy atom. The molecule has 1 aliphatic rings. The third-order valence-corrected chi connectivity index (χ3v) is 3.11. The van der Waals surface area contributed by atoms with Crippen LogP contribution in [0, 0.1) is 0 Å². The van der Waals surface area contributed by atoms with Gasteiger partial charge in [0.25, 0.3) is 0 Å². The second kappa shape index (κ2) is 6.20. The zero-order valence-corrected chi connectivity index (χ0v) is 12.8. The second-order valence-corrected chi connectivity index (χ2v) is 6.21. The lowest BCUT2D eigenvalue weighted by atomic mass is 10.1. The van der Waals surface area contributed by atoms with Gasteiger partial charge in [-0.2, -0.15) is 0 Å². The highest BCUT2D eigenvalue weighted by molar-refractivity contribution is 5.68. The first-order chi connectivity index (χ1) is 9.85. The molecule has 116 valence electrons. The number of nitrogens with two attached hydrogens (primary N) is 1. The zero-order valence-electron chi connectivity index (χ0n) is 12.8. The zero-order chi connectivity index (χ0) is 15.5. The number of pyridine rings is 1. The van der Waals surface area contributed by atoms with Crippen molar-refractivity contribution >= 4 is 11.8 Å². The van der Waals surface area contributed by atoms with E-state index in [1.54, 1.807) is 23.2 Å². The highest BCUT2D eigenvalue weighted by atomic mass is 16.6. The van der Waals surface area contributed by atoms with Crippen LogP contribution < -0.4 is 10.5 Å². The summed E-state index contributed by atoms with van der Waals surface area (Å²) in [5, 5.41) is 0. The molecule has 1 fully saturated rings. The summed E-state index contributed by atoms with van der Waals surface area (Å²) < 4.78 is 11.2. The molecule has 0 aromatic carbocycles. The van der Waals surface area contributed by atoms with E-state index >= 15 is 0 Å². The molecular formula is C15H23N3O3. The maximum Gasteiger partial charge on any atom is 0.410 e. The van der Waals surface area contributed by atoms with Crippen molar-refractivity contribution in [2.24, 2.45) is 0 Å². The van der Waals surface area contributed by atoms with Gasteiger partial charge in [0.1, 0.15) is 11.7 Å². The summed E-state index contributed by atoms with van der Waals surface area (Å²) in [7, 11) is 0. The number of carbonyl (C=O) groups excluding carboxylic acids is 1. The summed E-state index contributed by atoms with van der Waals surface area (Å²) in [6.45, 7) is 6.75. The lowest BCUT2D eigenvalue weighted by Crippen LogP contribution is -2.46. The molecule has 1 amide bonds. The highest BCUT2D eigenvalue weighted by Crippen LogP contribution is 2.22. The minimum absolute atomic E-state index is 0.108. The molecule has 2 N–H and O–H groups in total. The normalized spacial score (nSPS) is 19.2. The van der Waals surface area contributed by atoms with Crippen LogP contribution in [0.25, 0.3) is 0 Å². The molecule has 1 aliphatic heterocycles. The summed E-state index contributed by atoms with van der Waals surface area (Å²) in [5.41, 5.74) is 5.84. The number of anilines is 1. The topological polar surface area (TPSA) is 77.7 Å². The average Bonchev–Trinajstić information content (AvgIpc) is 2.40. The second-order valence-electron chi connectivity index (χ2n) is 6.21. The molecule has 21 heavy (non-hydrogen) atoms. The SMILES string of the molecule is CC(C)(C)OC(=O)N1CCC[C@@H](Oc2ncccc2N)C1. The monoisotopic (exact) mass is 293 g/mol. The van der Waals surface area contributed by atoms with Crippen LogP contribution in [0.5, 0.6) is 5.88 Å². The molecule has 1 saturated heterocycles. The van der Waals surface area contributed by atoms with Gasteiger partial charge in [-0.05, 0) is 45.7 Å². The van der Waals surface area contributed by atoms with Gasteiger partial charge in [0.2, 0.25) is 5.88 Å². The minimum atomic E-state index is -0.490. The summed E-state index contributed by atoms with van der Waals surface area (Å²) in [5.74, 6) is 0.425. The number of rotatable bonds is 2. The molecule has 0 unspecified atom stereocenters. The molecule has 0 bridgehead atoms. The van der Waals surface area contributed by atoms with E-state index in [4.69, 9.17) is 15.2 Å². The van der Waals surface area contributed by atoms with Crippen LogP contribution in [0.3, 0.4) is 0 Å². The fraction of sp³-hybridized carbons (Fsp3) is 0.600. The third kappa shape index (κ3) is 4.51. The van der Waals surface area contributed by atoms with E-state index in [-0.39, 0.29) is 12.2 Å². The first kappa shape index (κ1) is 15.4. The summed E-state index contributed by atoms with van der Waals surface area (Å²) in [6, 6.07) is 3.51. The Balaban J connectivity index is 1.95. The molecule has 1 aromatic heterocycles. The van der Waals surface area contributed by atoms with Crippen LogP contribution >= 0.6 is 0 Å². The van der Waals surface area contributed by atoms with Crippen molar-refractivity contribution in [3.05, 3.63) is 18.3 Å². The maximum absolute atomic E-state index is 12.1. The number of ether oxygens (including phenoxy) is 2. The molecular weight excluding hydrogens is 270 g/mol. The number of likely N-dealkylation sites (tertiary alicyclic amines) is 1. The van der Waals surface area contributed by atoms with E-state index in [1.165, 1.54) is 0 Å². The number of hydrogen-bond acceptors (Lipinski definition) is 5. The van der Waals surface area contributed by atoms with Gasteiger partial charge in [-0.1, -0.05) is 0 Å². The van der Waals surface area contributed by atoms with Gasteiger partial charge >= 0.3 is 6.09 Å². The van der Waals surface area contributed by atoms with Gasteiger partial charge in [-0.15, -0.1) is 0 Å². The maximum atomic E-state index is 12.1. The Morgan fingerprint density at radius 2 is 2.24 bits per heavy atom.